The number of piperazine rings is 1. The third kappa shape index (κ3) is 4.23. The van der Waals surface area contributed by atoms with Crippen LogP contribution in [0, 0.1) is 0 Å². The predicted octanol–water partition coefficient (Wildman–Crippen LogP) is 1.09. The van der Waals surface area contributed by atoms with Crippen molar-refractivity contribution in [3.05, 3.63) is 23.8 Å². The Labute approximate surface area is 132 Å². The fourth-order valence-corrected chi connectivity index (χ4v) is 3.06. The summed E-state index contributed by atoms with van der Waals surface area (Å²) in [6.07, 6.45) is 4.13. The normalized spacial score (nSPS) is 24.0. The van der Waals surface area contributed by atoms with Crippen molar-refractivity contribution in [2.75, 3.05) is 53.0 Å². The fourth-order valence-electron chi connectivity index (χ4n) is 3.06. The molecule has 2 aliphatic heterocycles. The first kappa shape index (κ1) is 15.8. The Balaban J connectivity index is 1.50. The van der Waals surface area contributed by atoms with E-state index in [0.717, 1.165) is 76.8 Å². The lowest BCUT2D eigenvalue weighted by Crippen LogP contribution is -2.46. The maximum atomic E-state index is 5.68. The molecule has 0 aliphatic carbocycles. The second-order valence-corrected chi connectivity index (χ2v) is 6.02. The van der Waals surface area contributed by atoms with Gasteiger partial charge in [0.25, 0.3) is 0 Å². The Morgan fingerprint density at radius 1 is 1.27 bits per heavy atom. The molecule has 22 heavy (non-hydrogen) atoms. The zero-order valence-corrected chi connectivity index (χ0v) is 13.4. The molecule has 2 fully saturated rings. The molecule has 0 aromatic carbocycles. The number of hydrogen-bond donors (Lipinski definition) is 0. The maximum Gasteiger partial charge on any atom is 0.157 e. The average molecular weight is 306 g/mol. The van der Waals surface area contributed by atoms with E-state index in [1.54, 1.807) is 7.11 Å². The van der Waals surface area contributed by atoms with E-state index in [1.807, 2.05) is 12.3 Å². The summed E-state index contributed by atoms with van der Waals surface area (Å²) in [6.45, 7) is 7.96. The van der Waals surface area contributed by atoms with Crippen molar-refractivity contribution in [3.8, 4) is 0 Å². The minimum Gasteiger partial charge on any atom is -0.383 e. The largest absolute Gasteiger partial charge is 0.383 e. The van der Waals surface area contributed by atoms with Gasteiger partial charge >= 0.3 is 0 Å². The Morgan fingerprint density at radius 2 is 2.09 bits per heavy atom. The van der Waals surface area contributed by atoms with Crippen LogP contribution in [0.15, 0.2) is 12.3 Å². The van der Waals surface area contributed by atoms with Gasteiger partial charge < -0.3 is 9.47 Å². The van der Waals surface area contributed by atoms with Gasteiger partial charge in [0.05, 0.1) is 12.3 Å². The highest BCUT2D eigenvalue weighted by Gasteiger charge is 2.21. The maximum absolute atomic E-state index is 5.68. The van der Waals surface area contributed by atoms with Crippen molar-refractivity contribution >= 4 is 0 Å². The van der Waals surface area contributed by atoms with Gasteiger partial charge in [0.2, 0.25) is 0 Å². The van der Waals surface area contributed by atoms with Gasteiger partial charge in [-0.15, -0.1) is 0 Å². The highest BCUT2D eigenvalue weighted by molar-refractivity contribution is 5.05. The lowest BCUT2D eigenvalue weighted by Gasteiger charge is -2.34. The van der Waals surface area contributed by atoms with Crippen LogP contribution in [-0.4, -0.2) is 72.8 Å². The van der Waals surface area contributed by atoms with Crippen LogP contribution in [-0.2, 0) is 16.0 Å². The molecule has 1 unspecified atom stereocenters. The van der Waals surface area contributed by atoms with Gasteiger partial charge in [0.1, 0.15) is 6.10 Å². The van der Waals surface area contributed by atoms with Crippen LogP contribution in [0.25, 0.3) is 0 Å². The van der Waals surface area contributed by atoms with Crippen LogP contribution >= 0.6 is 0 Å². The van der Waals surface area contributed by atoms with E-state index in [1.165, 1.54) is 0 Å². The molecule has 1 aromatic heterocycles. The monoisotopic (exact) mass is 306 g/mol. The third-order valence-corrected chi connectivity index (χ3v) is 4.41. The Hall–Kier alpha value is -1.08. The molecule has 0 radical (unpaired) electrons. The summed E-state index contributed by atoms with van der Waals surface area (Å²) in [4.78, 5) is 14.0. The molecule has 0 N–H and O–H groups in total. The number of hydrogen-bond acceptors (Lipinski definition) is 6. The van der Waals surface area contributed by atoms with Gasteiger partial charge in [-0.05, 0) is 18.9 Å². The molecule has 1 atom stereocenters. The second kappa shape index (κ2) is 7.97. The van der Waals surface area contributed by atoms with Crippen LogP contribution < -0.4 is 0 Å². The lowest BCUT2D eigenvalue weighted by molar-refractivity contribution is 0.0921. The van der Waals surface area contributed by atoms with E-state index in [9.17, 15) is 0 Å². The summed E-state index contributed by atoms with van der Waals surface area (Å²) < 4.78 is 10.8. The molecule has 3 rings (SSSR count). The molecule has 0 amide bonds. The smallest absolute Gasteiger partial charge is 0.157 e. The lowest BCUT2D eigenvalue weighted by atomic mass is 10.2. The minimum atomic E-state index is 0.103. The summed E-state index contributed by atoms with van der Waals surface area (Å²) in [5.41, 5.74) is 1.10. The van der Waals surface area contributed by atoms with Gasteiger partial charge in [0, 0.05) is 59.2 Å². The molecule has 3 heterocycles. The van der Waals surface area contributed by atoms with Gasteiger partial charge in [-0.1, -0.05) is 0 Å². The molecule has 0 spiro atoms. The zero-order chi connectivity index (χ0) is 15.2. The van der Waals surface area contributed by atoms with Crippen LogP contribution in [0.3, 0.4) is 0 Å². The summed E-state index contributed by atoms with van der Waals surface area (Å²) in [5.74, 6) is 0.855. The van der Waals surface area contributed by atoms with Crippen molar-refractivity contribution in [2.45, 2.75) is 25.5 Å². The molecule has 2 aliphatic rings. The zero-order valence-electron chi connectivity index (χ0n) is 13.4. The van der Waals surface area contributed by atoms with Crippen LogP contribution in [0.5, 0.6) is 0 Å². The van der Waals surface area contributed by atoms with E-state index in [-0.39, 0.29) is 6.10 Å². The van der Waals surface area contributed by atoms with Gasteiger partial charge in [-0.2, -0.15) is 0 Å². The topological polar surface area (TPSA) is 50.7 Å². The number of nitrogens with zero attached hydrogens (tertiary/aromatic N) is 4. The molecule has 1 aromatic rings. The Morgan fingerprint density at radius 3 is 2.82 bits per heavy atom. The highest BCUT2D eigenvalue weighted by Crippen LogP contribution is 2.25. The van der Waals surface area contributed by atoms with Gasteiger partial charge in [0.15, 0.2) is 5.82 Å². The molecule has 2 saturated heterocycles. The van der Waals surface area contributed by atoms with Crippen LogP contribution in [0.2, 0.25) is 0 Å². The van der Waals surface area contributed by atoms with Crippen molar-refractivity contribution < 1.29 is 9.47 Å². The number of rotatable bonds is 6. The van der Waals surface area contributed by atoms with E-state index < -0.39 is 0 Å². The minimum absolute atomic E-state index is 0.103. The van der Waals surface area contributed by atoms with Gasteiger partial charge in [-0.3, -0.25) is 9.80 Å². The van der Waals surface area contributed by atoms with E-state index in [0.29, 0.717) is 0 Å². The van der Waals surface area contributed by atoms with E-state index in [2.05, 4.69) is 14.8 Å². The Kier molecular flexibility index (Phi) is 5.72. The van der Waals surface area contributed by atoms with Crippen molar-refractivity contribution in [3.63, 3.8) is 0 Å². The van der Waals surface area contributed by atoms with Gasteiger partial charge in [-0.25, -0.2) is 9.97 Å². The third-order valence-electron chi connectivity index (χ3n) is 4.41. The fraction of sp³-hybridized carbons (Fsp3) is 0.750. The van der Waals surface area contributed by atoms with Crippen LogP contribution in [0.1, 0.15) is 30.5 Å². The molecule has 6 nitrogen and oxygen atoms in total. The predicted molar refractivity (Wildman–Crippen MR) is 83.6 cm³/mol. The first-order chi connectivity index (χ1) is 10.8. The second-order valence-electron chi connectivity index (χ2n) is 6.02. The number of aromatic nitrogens is 2. The molecule has 122 valence electrons. The van der Waals surface area contributed by atoms with Crippen molar-refractivity contribution in [2.24, 2.45) is 0 Å². The molecule has 6 heteroatoms. The molecular weight excluding hydrogens is 280 g/mol. The number of ether oxygens (including phenoxy) is 2. The van der Waals surface area contributed by atoms with Crippen LogP contribution in [0.4, 0.5) is 0 Å². The van der Waals surface area contributed by atoms with Crippen molar-refractivity contribution in [1.29, 1.82) is 0 Å². The van der Waals surface area contributed by atoms with Crippen molar-refractivity contribution in [1.82, 2.24) is 19.8 Å². The first-order valence-corrected chi connectivity index (χ1v) is 8.22. The number of methoxy groups -OCH3 is 1. The summed E-state index contributed by atoms with van der Waals surface area (Å²) >= 11 is 0. The molecular formula is C16H26N4O2. The standard InChI is InChI=1S/C16H26N4O2/c1-21-12-10-19-6-8-20(9-7-19)13-14-4-5-17-16(18-14)15-3-2-11-22-15/h4-5,15H,2-3,6-13H2,1H3. The Bertz CT molecular complexity index is 457. The average Bonchev–Trinajstić information content (AvgIpc) is 3.09. The first-order valence-electron chi connectivity index (χ1n) is 8.22. The summed E-state index contributed by atoms with van der Waals surface area (Å²) in [6, 6.07) is 2.02. The summed E-state index contributed by atoms with van der Waals surface area (Å²) in [7, 11) is 1.76. The molecule has 0 saturated carbocycles. The highest BCUT2D eigenvalue weighted by atomic mass is 16.5. The molecule has 0 bridgehead atoms. The SMILES string of the molecule is COCCN1CCN(Cc2ccnc(C3CCCO3)n2)CC1. The van der Waals surface area contributed by atoms with E-state index in [4.69, 9.17) is 14.5 Å². The summed E-state index contributed by atoms with van der Waals surface area (Å²) in [5, 5.41) is 0. The quantitative estimate of drug-likeness (QED) is 0.784. The van der Waals surface area contributed by atoms with E-state index >= 15 is 0 Å².